The highest BCUT2D eigenvalue weighted by Crippen LogP contribution is 2.34. The Kier molecular flexibility index (Phi) is 4.14. The summed E-state index contributed by atoms with van der Waals surface area (Å²) in [6, 6.07) is 2.21. The lowest BCUT2D eigenvalue weighted by Gasteiger charge is -2.15. The number of quaternary nitrogens is 1. The molecule has 0 aliphatic rings. The lowest BCUT2D eigenvalue weighted by Crippen LogP contribution is -2.61. The van der Waals surface area contributed by atoms with Crippen LogP contribution in [0, 0.1) is 0 Å². The summed E-state index contributed by atoms with van der Waals surface area (Å²) in [6.07, 6.45) is 0. The predicted molar refractivity (Wildman–Crippen MR) is 57.9 cm³/mol. The number of methoxy groups -OCH3 is 2. The van der Waals surface area contributed by atoms with E-state index >= 15 is 0 Å². The van der Waals surface area contributed by atoms with Crippen molar-refractivity contribution in [3.8, 4) is 11.5 Å². The standard InChI is InChI=1S/C10H12BrNO4/c1-15-7-4-8(16-2)6(11)3-5(7)9(12)10(13)14/h3-4,9H,12H2,1-2H3,(H,13,14)/t9-/m0/s1. The maximum atomic E-state index is 10.8. The molecule has 1 rings (SSSR count). The fraction of sp³-hybridized carbons (Fsp3) is 0.300. The minimum atomic E-state index is -1.25. The van der Waals surface area contributed by atoms with Crippen molar-refractivity contribution in [1.29, 1.82) is 0 Å². The molecule has 0 aliphatic carbocycles. The molecule has 88 valence electrons. The van der Waals surface area contributed by atoms with Crippen molar-refractivity contribution in [3.05, 3.63) is 22.2 Å². The third kappa shape index (κ3) is 2.45. The molecule has 1 aromatic carbocycles. The molecule has 0 heterocycles. The van der Waals surface area contributed by atoms with Crippen LogP contribution in [0.4, 0.5) is 0 Å². The first-order valence-corrected chi connectivity index (χ1v) is 5.26. The molecule has 0 unspecified atom stereocenters. The number of hydrogen-bond acceptors (Lipinski definition) is 4. The molecule has 16 heavy (non-hydrogen) atoms. The third-order valence-electron chi connectivity index (χ3n) is 2.16. The molecule has 0 bridgehead atoms. The second-order valence-corrected chi connectivity index (χ2v) is 3.95. The van der Waals surface area contributed by atoms with Crippen LogP contribution in [0.15, 0.2) is 16.6 Å². The lowest BCUT2D eigenvalue weighted by atomic mass is 10.1. The number of hydrogen-bond donors (Lipinski definition) is 1. The fourth-order valence-corrected chi connectivity index (χ4v) is 1.81. The Labute approximate surface area is 101 Å². The van der Waals surface area contributed by atoms with Crippen molar-refractivity contribution >= 4 is 21.9 Å². The van der Waals surface area contributed by atoms with Gasteiger partial charge in [0.25, 0.3) is 0 Å². The number of benzene rings is 1. The van der Waals surface area contributed by atoms with E-state index in [0.717, 1.165) is 0 Å². The predicted octanol–water partition coefficient (Wildman–Crippen LogP) is -0.501. The van der Waals surface area contributed by atoms with E-state index in [4.69, 9.17) is 9.47 Å². The molecule has 0 fully saturated rings. The smallest absolute Gasteiger partial charge is 0.154 e. The average Bonchev–Trinajstić information content (AvgIpc) is 2.27. The van der Waals surface area contributed by atoms with Gasteiger partial charge in [-0.05, 0) is 22.0 Å². The van der Waals surface area contributed by atoms with Gasteiger partial charge in [-0.1, -0.05) is 0 Å². The van der Waals surface area contributed by atoms with Crippen LogP contribution in [0.3, 0.4) is 0 Å². The van der Waals surface area contributed by atoms with E-state index in [1.807, 2.05) is 0 Å². The molecule has 1 aromatic rings. The molecule has 0 saturated heterocycles. The Morgan fingerprint density at radius 2 is 1.94 bits per heavy atom. The van der Waals surface area contributed by atoms with Gasteiger partial charge in [-0.25, -0.2) is 0 Å². The van der Waals surface area contributed by atoms with Gasteiger partial charge in [-0.3, -0.25) is 0 Å². The van der Waals surface area contributed by atoms with E-state index in [2.05, 4.69) is 21.7 Å². The Hall–Kier alpha value is -1.27. The fourth-order valence-electron chi connectivity index (χ4n) is 1.28. The molecule has 1 atom stereocenters. The van der Waals surface area contributed by atoms with Crippen molar-refractivity contribution < 1.29 is 25.1 Å². The number of carbonyl (C=O) groups is 1. The summed E-state index contributed by atoms with van der Waals surface area (Å²) in [4.78, 5) is 10.8. The summed E-state index contributed by atoms with van der Waals surface area (Å²) in [7, 11) is 2.97. The number of aliphatic carboxylic acids is 1. The van der Waals surface area contributed by atoms with E-state index in [1.54, 1.807) is 12.1 Å². The van der Waals surface area contributed by atoms with Gasteiger partial charge >= 0.3 is 0 Å². The number of rotatable bonds is 4. The Morgan fingerprint density at radius 3 is 2.38 bits per heavy atom. The SMILES string of the molecule is COc1cc(OC)c([C@H]([NH3+])C(=O)[O-])cc1Br. The van der Waals surface area contributed by atoms with Crippen LogP contribution in [0.2, 0.25) is 0 Å². The summed E-state index contributed by atoms with van der Waals surface area (Å²) in [6.45, 7) is 0. The molecule has 0 amide bonds. The summed E-state index contributed by atoms with van der Waals surface area (Å²) in [5.41, 5.74) is 3.95. The van der Waals surface area contributed by atoms with Crippen molar-refractivity contribution in [2.24, 2.45) is 0 Å². The molecule has 0 aliphatic heterocycles. The Balaban J connectivity index is 3.28. The van der Waals surface area contributed by atoms with E-state index in [9.17, 15) is 9.90 Å². The van der Waals surface area contributed by atoms with Gasteiger partial charge in [0.2, 0.25) is 0 Å². The van der Waals surface area contributed by atoms with Crippen LogP contribution in [0.25, 0.3) is 0 Å². The van der Waals surface area contributed by atoms with Gasteiger partial charge in [-0.15, -0.1) is 0 Å². The highest BCUT2D eigenvalue weighted by molar-refractivity contribution is 9.10. The Morgan fingerprint density at radius 1 is 1.38 bits per heavy atom. The summed E-state index contributed by atoms with van der Waals surface area (Å²) < 4.78 is 10.8. The van der Waals surface area contributed by atoms with Crippen molar-refractivity contribution in [3.63, 3.8) is 0 Å². The van der Waals surface area contributed by atoms with Crippen molar-refractivity contribution in [2.75, 3.05) is 14.2 Å². The molecule has 0 spiro atoms. The van der Waals surface area contributed by atoms with Gasteiger partial charge in [0, 0.05) is 6.07 Å². The third-order valence-corrected chi connectivity index (χ3v) is 2.78. The topological polar surface area (TPSA) is 86.2 Å². The van der Waals surface area contributed by atoms with Gasteiger partial charge in [0.05, 0.1) is 24.3 Å². The van der Waals surface area contributed by atoms with E-state index in [1.165, 1.54) is 14.2 Å². The maximum absolute atomic E-state index is 10.8. The monoisotopic (exact) mass is 289 g/mol. The maximum Gasteiger partial charge on any atom is 0.154 e. The molecule has 6 heteroatoms. The molecular formula is C10H12BrNO4. The summed E-state index contributed by atoms with van der Waals surface area (Å²) in [5, 5.41) is 10.8. The quantitative estimate of drug-likeness (QED) is 0.810. The van der Waals surface area contributed by atoms with E-state index < -0.39 is 12.0 Å². The minimum Gasteiger partial charge on any atom is -0.544 e. The van der Waals surface area contributed by atoms with E-state index in [-0.39, 0.29) is 0 Å². The zero-order valence-electron chi connectivity index (χ0n) is 8.95. The number of ether oxygens (including phenoxy) is 2. The van der Waals surface area contributed by atoms with E-state index in [0.29, 0.717) is 21.5 Å². The molecule has 5 nitrogen and oxygen atoms in total. The first kappa shape index (κ1) is 12.8. The molecule has 0 saturated carbocycles. The normalized spacial score (nSPS) is 12.0. The first-order chi connectivity index (χ1) is 7.51. The largest absolute Gasteiger partial charge is 0.544 e. The van der Waals surface area contributed by atoms with Gasteiger partial charge in [-0.2, -0.15) is 0 Å². The lowest BCUT2D eigenvalue weighted by molar-refractivity contribution is -0.443. The van der Waals surface area contributed by atoms with Crippen molar-refractivity contribution in [1.82, 2.24) is 0 Å². The van der Waals surface area contributed by atoms with Gasteiger partial charge < -0.3 is 25.1 Å². The second kappa shape index (κ2) is 5.18. The highest BCUT2D eigenvalue weighted by Gasteiger charge is 2.19. The molecule has 0 aromatic heterocycles. The first-order valence-electron chi connectivity index (χ1n) is 4.46. The van der Waals surface area contributed by atoms with Crippen LogP contribution < -0.4 is 20.3 Å². The number of carboxylic acid groups (broad SMARTS) is 1. The minimum absolute atomic E-state index is 0.407. The van der Waals surface area contributed by atoms with Crippen LogP contribution in [0.5, 0.6) is 11.5 Å². The molecule has 3 N–H and O–H groups in total. The van der Waals surface area contributed by atoms with Crippen LogP contribution in [-0.4, -0.2) is 20.2 Å². The van der Waals surface area contributed by atoms with Gasteiger partial charge in [0.1, 0.15) is 17.5 Å². The highest BCUT2D eigenvalue weighted by atomic mass is 79.9. The van der Waals surface area contributed by atoms with Gasteiger partial charge in [0.15, 0.2) is 6.04 Å². The number of carboxylic acids is 1. The van der Waals surface area contributed by atoms with Crippen LogP contribution >= 0.6 is 15.9 Å². The number of carbonyl (C=O) groups excluding carboxylic acids is 1. The molecular weight excluding hydrogens is 278 g/mol. The zero-order valence-corrected chi connectivity index (χ0v) is 10.5. The summed E-state index contributed by atoms with van der Waals surface area (Å²) in [5.74, 6) is -0.286. The average molecular weight is 290 g/mol. The summed E-state index contributed by atoms with van der Waals surface area (Å²) >= 11 is 3.27. The molecule has 0 radical (unpaired) electrons. The Bertz CT molecular complexity index is 408. The van der Waals surface area contributed by atoms with Crippen molar-refractivity contribution in [2.45, 2.75) is 6.04 Å². The van der Waals surface area contributed by atoms with Crippen LogP contribution in [0.1, 0.15) is 11.6 Å². The second-order valence-electron chi connectivity index (χ2n) is 3.10. The zero-order chi connectivity index (χ0) is 12.3. The number of halogens is 1. The van der Waals surface area contributed by atoms with Crippen LogP contribution in [-0.2, 0) is 4.79 Å².